The highest BCUT2D eigenvalue weighted by Crippen LogP contribution is 2.19. The second-order valence-electron chi connectivity index (χ2n) is 3.12. The van der Waals surface area contributed by atoms with Crippen LogP contribution >= 0.6 is 0 Å². The Morgan fingerprint density at radius 1 is 1.50 bits per heavy atom. The van der Waals surface area contributed by atoms with Gasteiger partial charge in [-0.15, -0.1) is 0 Å². The van der Waals surface area contributed by atoms with Gasteiger partial charge in [0.25, 0.3) is 0 Å². The van der Waals surface area contributed by atoms with Crippen molar-refractivity contribution in [3.63, 3.8) is 0 Å². The van der Waals surface area contributed by atoms with E-state index in [0.29, 0.717) is 0 Å². The lowest BCUT2D eigenvalue weighted by Crippen LogP contribution is -2.33. The largest absolute Gasteiger partial charge is 0.508 e. The van der Waals surface area contributed by atoms with Gasteiger partial charge >= 0.3 is 6.16 Å². The van der Waals surface area contributed by atoms with Gasteiger partial charge in [-0.3, -0.25) is 0 Å². The van der Waals surface area contributed by atoms with Crippen LogP contribution in [0.1, 0.15) is 25.7 Å². The molecule has 1 rings (SSSR count). The van der Waals surface area contributed by atoms with Crippen molar-refractivity contribution in [1.29, 1.82) is 0 Å². The van der Waals surface area contributed by atoms with E-state index in [1.165, 1.54) is 7.11 Å². The molecule has 0 spiro atoms. The van der Waals surface area contributed by atoms with E-state index in [1.54, 1.807) is 0 Å². The predicted molar refractivity (Wildman–Crippen MR) is 43.7 cm³/mol. The zero-order chi connectivity index (χ0) is 8.97. The monoisotopic (exact) mass is 173 g/mol. The average molecular weight is 173 g/mol. The predicted octanol–water partition coefficient (Wildman–Crippen LogP) is 1.04. The Labute approximate surface area is 72.0 Å². The van der Waals surface area contributed by atoms with Crippen LogP contribution < -0.4 is 5.73 Å². The Balaban J connectivity index is 2.27. The minimum Gasteiger partial charge on any atom is -0.438 e. The first-order valence-electron chi connectivity index (χ1n) is 4.22. The molecule has 0 aliphatic heterocycles. The van der Waals surface area contributed by atoms with Crippen LogP contribution in [0, 0.1) is 0 Å². The first kappa shape index (κ1) is 9.32. The molecule has 2 atom stereocenters. The standard InChI is InChI=1S/C8H15NO3/c1-11-8(10)12-7-4-2-3-6(9)5-7/h6-7H,2-5,9H2,1H3. The molecule has 1 aliphatic carbocycles. The van der Waals surface area contributed by atoms with E-state index >= 15 is 0 Å². The second-order valence-corrected chi connectivity index (χ2v) is 3.12. The second kappa shape index (κ2) is 4.30. The number of hydrogen-bond acceptors (Lipinski definition) is 4. The maximum absolute atomic E-state index is 10.7. The Morgan fingerprint density at radius 2 is 2.25 bits per heavy atom. The average Bonchev–Trinajstić information content (AvgIpc) is 2.04. The Kier molecular flexibility index (Phi) is 3.34. The molecule has 1 aliphatic rings. The van der Waals surface area contributed by atoms with Crippen molar-refractivity contribution in [1.82, 2.24) is 0 Å². The van der Waals surface area contributed by atoms with Crippen molar-refractivity contribution in [2.24, 2.45) is 5.73 Å². The fraction of sp³-hybridized carbons (Fsp3) is 0.875. The summed E-state index contributed by atoms with van der Waals surface area (Å²) >= 11 is 0. The van der Waals surface area contributed by atoms with E-state index in [9.17, 15) is 4.79 Å². The molecule has 2 N–H and O–H groups in total. The van der Waals surface area contributed by atoms with Crippen molar-refractivity contribution in [3.8, 4) is 0 Å². The van der Waals surface area contributed by atoms with Crippen molar-refractivity contribution >= 4 is 6.16 Å². The number of rotatable bonds is 1. The van der Waals surface area contributed by atoms with Crippen molar-refractivity contribution in [3.05, 3.63) is 0 Å². The lowest BCUT2D eigenvalue weighted by molar-refractivity contribution is 0.0202. The van der Waals surface area contributed by atoms with Crippen LogP contribution in [0.25, 0.3) is 0 Å². The molecule has 2 unspecified atom stereocenters. The van der Waals surface area contributed by atoms with E-state index in [1.807, 2.05) is 0 Å². The Morgan fingerprint density at radius 3 is 2.83 bits per heavy atom. The molecule has 4 nitrogen and oxygen atoms in total. The quantitative estimate of drug-likeness (QED) is 0.602. The summed E-state index contributed by atoms with van der Waals surface area (Å²) in [6.07, 6.45) is 3.08. The molecule has 1 fully saturated rings. The lowest BCUT2D eigenvalue weighted by atomic mass is 9.94. The van der Waals surface area contributed by atoms with Gasteiger partial charge in [0.15, 0.2) is 0 Å². The van der Waals surface area contributed by atoms with Gasteiger partial charge in [-0.2, -0.15) is 0 Å². The van der Waals surface area contributed by atoms with Gasteiger partial charge in [-0.25, -0.2) is 4.79 Å². The molecule has 4 heteroatoms. The molecule has 0 aromatic carbocycles. The van der Waals surface area contributed by atoms with Gasteiger partial charge in [0.05, 0.1) is 7.11 Å². The third-order valence-corrected chi connectivity index (χ3v) is 2.10. The normalized spacial score (nSPS) is 29.5. The zero-order valence-corrected chi connectivity index (χ0v) is 7.29. The summed E-state index contributed by atoms with van der Waals surface area (Å²) in [5.41, 5.74) is 5.71. The number of methoxy groups -OCH3 is 1. The molecule has 0 aromatic rings. The van der Waals surface area contributed by atoms with E-state index in [-0.39, 0.29) is 12.1 Å². The molecule has 0 saturated heterocycles. The van der Waals surface area contributed by atoms with E-state index in [4.69, 9.17) is 10.5 Å². The molecule has 0 bridgehead atoms. The molecule has 0 aromatic heterocycles. The van der Waals surface area contributed by atoms with Crippen LogP contribution in [0.5, 0.6) is 0 Å². The summed E-state index contributed by atoms with van der Waals surface area (Å²) < 4.78 is 9.36. The highest BCUT2D eigenvalue weighted by Gasteiger charge is 2.22. The summed E-state index contributed by atoms with van der Waals surface area (Å²) in [7, 11) is 1.31. The maximum atomic E-state index is 10.7. The Hall–Kier alpha value is -0.770. The third-order valence-electron chi connectivity index (χ3n) is 2.10. The topological polar surface area (TPSA) is 61.5 Å². The number of hydrogen-bond donors (Lipinski definition) is 1. The minimum absolute atomic E-state index is 0.0406. The fourth-order valence-corrected chi connectivity index (χ4v) is 1.47. The van der Waals surface area contributed by atoms with Crippen LogP contribution in [0.15, 0.2) is 0 Å². The highest BCUT2D eigenvalue weighted by atomic mass is 16.7. The number of ether oxygens (including phenoxy) is 2. The van der Waals surface area contributed by atoms with Crippen LogP contribution in [0.3, 0.4) is 0 Å². The van der Waals surface area contributed by atoms with Crippen molar-refractivity contribution in [2.75, 3.05) is 7.11 Å². The van der Waals surface area contributed by atoms with E-state index in [0.717, 1.165) is 25.7 Å². The van der Waals surface area contributed by atoms with E-state index in [2.05, 4.69) is 4.74 Å². The summed E-state index contributed by atoms with van der Waals surface area (Å²) in [6, 6.07) is 0.174. The molecule has 0 amide bonds. The lowest BCUT2D eigenvalue weighted by Gasteiger charge is -2.25. The molecule has 1 saturated carbocycles. The SMILES string of the molecule is COC(=O)OC1CCCC(N)C1. The number of carbonyl (C=O) groups is 1. The van der Waals surface area contributed by atoms with E-state index < -0.39 is 6.16 Å². The first-order valence-corrected chi connectivity index (χ1v) is 4.22. The zero-order valence-electron chi connectivity index (χ0n) is 7.29. The first-order chi connectivity index (χ1) is 5.72. The molecule has 70 valence electrons. The molecule has 0 radical (unpaired) electrons. The van der Waals surface area contributed by atoms with Gasteiger partial charge in [-0.05, 0) is 25.7 Å². The number of nitrogens with two attached hydrogens (primary N) is 1. The summed E-state index contributed by atoms with van der Waals surface area (Å²) in [5, 5.41) is 0. The minimum atomic E-state index is -0.603. The van der Waals surface area contributed by atoms with Gasteiger partial charge in [0.1, 0.15) is 6.10 Å². The molecule has 12 heavy (non-hydrogen) atoms. The highest BCUT2D eigenvalue weighted by molar-refractivity contribution is 5.59. The van der Waals surface area contributed by atoms with Gasteiger partial charge < -0.3 is 15.2 Å². The maximum Gasteiger partial charge on any atom is 0.508 e. The van der Waals surface area contributed by atoms with Gasteiger partial charge in [-0.1, -0.05) is 0 Å². The van der Waals surface area contributed by atoms with Crippen LogP contribution in [-0.2, 0) is 9.47 Å². The summed E-state index contributed by atoms with van der Waals surface area (Å²) in [6.45, 7) is 0. The smallest absolute Gasteiger partial charge is 0.438 e. The summed E-state index contributed by atoms with van der Waals surface area (Å²) in [4.78, 5) is 10.7. The van der Waals surface area contributed by atoms with Crippen molar-refractivity contribution < 1.29 is 14.3 Å². The third kappa shape index (κ3) is 2.70. The van der Waals surface area contributed by atoms with Crippen LogP contribution in [-0.4, -0.2) is 25.4 Å². The summed E-state index contributed by atoms with van der Waals surface area (Å²) in [5.74, 6) is 0. The van der Waals surface area contributed by atoms with Gasteiger partial charge in [0.2, 0.25) is 0 Å². The molecular weight excluding hydrogens is 158 g/mol. The fourth-order valence-electron chi connectivity index (χ4n) is 1.47. The van der Waals surface area contributed by atoms with Crippen LogP contribution in [0.2, 0.25) is 0 Å². The molecular formula is C8H15NO3. The van der Waals surface area contributed by atoms with Crippen molar-refractivity contribution in [2.45, 2.75) is 37.8 Å². The Bertz CT molecular complexity index is 160. The van der Waals surface area contributed by atoms with Crippen LogP contribution in [0.4, 0.5) is 4.79 Å². The molecule has 0 heterocycles. The van der Waals surface area contributed by atoms with Gasteiger partial charge in [0, 0.05) is 6.04 Å². The number of carbonyl (C=O) groups excluding carboxylic acids is 1.